The van der Waals surface area contributed by atoms with Crippen molar-refractivity contribution in [2.45, 2.75) is 12.5 Å². The van der Waals surface area contributed by atoms with E-state index < -0.39 is 12.0 Å². The molecule has 7 heteroatoms. The van der Waals surface area contributed by atoms with Gasteiger partial charge in [-0.2, -0.15) is 0 Å². The smallest absolute Gasteiger partial charge is 0.319 e. The number of carboxylic acids is 1. The van der Waals surface area contributed by atoms with Crippen LogP contribution >= 0.6 is 0 Å². The van der Waals surface area contributed by atoms with Crippen molar-refractivity contribution in [3.8, 4) is 0 Å². The van der Waals surface area contributed by atoms with Gasteiger partial charge in [0.05, 0.1) is 0 Å². The number of nitrogens with zero attached hydrogens (tertiary/aromatic N) is 1. The first kappa shape index (κ1) is 14.9. The molecule has 0 spiro atoms. The van der Waals surface area contributed by atoms with Gasteiger partial charge in [0.25, 0.3) is 0 Å². The maximum atomic E-state index is 11.6. The molecule has 1 amide bonds. The number of hydrazine groups is 1. The van der Waals surface area contributed by atoms with E-state index in [2.05, 4.69) is 5.43 Å². The molecule has 0 fully saturated rings. The second-order valence-corrected chi connectivity index (χ2v) is 4.27. The van der Waals surface area contributed by atoms with Gasteiger partial charge in [0, 0.05) is 25.2 Å². The quantitative estimate of drug-likeness (QED) is 0.414. The number of nitrogens with two attached hydrogens (primary N) is 2. The summed E-state index contributed by atoms with van der Waals surface area (Å²) in [5, 5.41) is 9.75. The molecule has 0 aliphatic heterocycles. The van der Waals surface area contributed by atoms with Crippen LogP contribution in [0.4, 0.5) is 5.69 Å². The molecule has 6 N–H and O–H groups in total. The van der Waals surface area contributed by atoms with E-state index in [9.17, 15) is 9.59 Å². The lowest BCUT2D eigenvalue weighted by Crippen LogP contribution is -2.43. The van der Waals surface area contributed by atoms with Crippen molar-refractivity contribution in [1.29, 1.82) is 0 Å². The van der Waals surface area contributed by atoms with Crippen LogP contribution in [0.5, 0.6) is 0 Å². The summed E-state index contributed by atoms with van der Waals surface area (Å²) in [4.78, 5) is 22.1. The molecule has 0 bridgehead atoms. The van der Waals surface area contributed by atoms with E-state index in [1.165, 1.54) is 12.1 Å². The fraction of sp³-hybridized carbons (Fsp3) is 0.333. The first-order valence-corrected chi connectivity index (χ1v) is 5.72. The number of nitrogen functional groups attached to an aromatic ring is 1. The van der Waals surface area contributed by atoms with E-state index in [1.807, 2.05) is 0 Å². The van der Waals surface area contributed by atoms with Crippen LogP contribution in [-0.2, 0) is 9.59 Å². The van der Waals surface area contributed by atoms with Crippen LogP contribution in [0.2, 0.25) is 0 Å². The number of carbonyl (C=O) groups excluding carboxylic acids is 1. The van der Waals surface area contributed by atoms with E-state index in [0.717, 1.165) is 5.56 Å². The van der Waals surface area contributed by atoms with Gasteiger partial charge >= 0.3 is 5.97 Å². The number of hydrogen-bond donors (Lipinski definition) is 4. The SMILES string of the molecule is CN(CC(=O)O)NC(=O)CC(N)c1cccc(N)c1. The molecular formula is C12H18N4O3. The second-order valence-electron chi connectivity index (χ2n) is 4.27. The Morgan fingerprint density at radius 2 is 2.16 bits per heavy atom. The summed E-state index contributed by atoms with van der Waals surface area (Å²) in [6.07, 6.45) is 0.0490. The highest BCUT2D eigenvalue weighted by molar-refractivity contribution is 5.77. The average Bonchev–Trinajstić information content (AvgIpc) is 2.27. The number of benzene rings is 1. The summed E-state index contributed by atoms with van der Waals surface area (Å²) in [5.74, 6) is -1.37. The van der Waals surface area contributed by atoms with Gasteiger partial charge in [0.1, 0.15) is 6.54 Å². The molecule has 0 aliphatic carbocycles. The number of aliphatic carboxylic acids is 1. The van der Waals surface area contributed by atoms with Crippen molar-refractivity contribution < 1.29 is 14.7 Å². The highest BCUT2D eigenvalue weighted by Crippen LogP contribution is 2.16. The van der Waals surface area contributed by atoms with Crippen LogP contribution in [-0.4, -0.2) is 35.6 Å². The Hall–Kier alpha value is -2.12. The third kappa shape index (κ3) is 5.36. The Labute approximate surface area is 111 Å². The summed E-state index contributed by atoms with van der Waals surface area (Å²) in [5.41, 5.74) is 15.3. The van der Waals surface area contributed by atoms with Crippen molar-refractivity contribution in [3.05, 3.63) is 29.8 Å². The number of hydrogen-bond acceptors (Lipinski definition) is 5. The van der Waals surface area contributed by atoms with E-state index in [0.29, 0.717) is 5.69 Å². The minimum Gasteiger partial charge on any atom is -0.480 e. The molecule has 7 nitrogen and oxygen atoms in total. The highest BCUT2D eigenvalue weighted by Gasteiger charge is 2.14. The number of amides is 1. The van der Waals surface area contributed by atoms with Gasteiger partial charge in [-0.3, -0.25) is 15.0 Å². The lowest BCUT2D eigenvalue weighted by Gasteiger charge is -2.18. The topological polar surface area (TPSA) is 122 Å². The van der Waals surface area contributed by atoms with Gasteiger partial charge in [-0.25, -0.2) is 5.01 Å². The van der Waals surface area contributed by atoms with Crippen molar-refractivity contribution in [2.75, 3.05) is 19.3 Å². The van der Waals surface area contributed by atoms with Gasteiger partial charge < -0.3 is 16.6 Å². The molecule has 1 unspecified atom stereocenters. The summed E-state index contributed by atoms with van der Waals surface area (Å²) in [6, 6.07) is 6.51. The van der Waals surface area contributed by atoms with Crippen molar-refractivity contribution >= 4 is 17.6 Å². The van der Waals surface area contributed by atoms with Crippen LogP contribution in [0.1, 0.15) is 18.0 Å². The molecule has 0 heterocycles. The fourth-order valence-electron chi connectivity index (χ4n) is 1.61. The summed E-state index contributed by atoms with van der Waals surface area (Å²) in [7, 11) is 1.47. The standard InChI is InChI=1S/C12H18N4O3/c1-16(7-12(18)19)15-11(17)6-10(14)8-3-2-4-9(13)5-8/h2-5,10H,6-7,13-14H2,1H3,(H,15,17)(H,18,19). The number of carboxylic acid groups (broad SMARTS) is 1. The van der Waals surface area contributed by atoms with Crippen LogP contribution in [0, 0.1) is 0 Å². The zero-order chi connectivity index (χ0) is 14.4. The largest absolute Gasteiger partial charge is 0.480 e. The molecule has 1 atom stereocenters. The Balaban J connectivity index is 2.50. The normalized spacial score (nSPS) is 12.2. The van der Waals surface area contributed by atoms with Gasteiger partial charge in [-0.05, 0) is 17.7 Å². The Bertz CT molecular complexity index is 464. The molecule has 104 valence electrons. The second kappa shape index (κ2) is 6.72. The number of anilines is 1. The minimum absolute atomic E-state index is 0.0490. The lowest BCUT2D eigenvalue weighted by atomic mass is 10.0. The highest BCUT2D eigenvalue weighted by atomic mass is 16.4. The first-order valence-electron chi connectivity index (χ1n) is 5.72. The zero-order valence-corrected chi connectivity index (χ0v) is 10.7. The molecule has 0 radical (unpaired) electrons. The monoisotopic (exact) mass is 266 g/mol. The molecule has 0 aromatic heterocycles. The van der Waals surface area contributed by atoms with Crippen LogP contribution < -0.4 is 16.9 Å². The third-order valence-electron chi connectivity index (χ3n) is 2.43. The number of carbonyl (C=O) groups is 2. The van der Waals surface area contributed by atoms with Gasteiger partial charge in [-0.15, -0.1) is 0 Å². The van der Waals surface area contributed by atoms with Gasteiger partial charge in [0.15, 0.2) is 0 Å². The predicted molar refractivity (Wildman–Crippen MR) is 70.8 cm³/mol. The zero-order valence-electron chi connectivity index (χ0n) is 10.7. The first-order chi connectivity index (χ1) is 8.88. The van der Waals surface area contributed by atoms with Crippen molar-refractivity contribution in [3.63, 3.8) is 0 Å². The van der Waals surface area contributed by atoms with Crippen molar-refractivity contribution in [2.24, 2.45) is 5.73 Å². The maximum absolute atomic E-state index is 11.6. The van der Waals surface area contributed by atoms with E-state index in [-0.39, 0.29) is 18.9 Å². The average molecular weight is 266 g/mol. The van der Waals surface area contributed by atoms with Crippen LogP contribution in [0.3, 0.4) is 0 Å². The minimum atomic E-state index is -1.03. The Morgan fingerprint density at radius 3 is 2.74 bits per heavy atom. The van der Waals surface area contributed by atoms with Crippen LogP contribution in [0.15, 0.2) is 24.3 Å². The number of nitrogens with one attached hydrogen (secondary N) is 1. The van der Waals surface area contributed by atoms with Gasteiger partial charge in [0.2, 0.25) is 5.91 Å². The summed E-state index contributed by atoms with van der Waals surface area (Å²) in [6.45, 7) is -0.279. The fourth-order valence-corrected chi connectivity index (χ4v) is 1.61. The number of rotatable bonds is 6. The maximum Gasteiger partial charge on any atom is 0.319 e. The molecule has 0 saturated carbocycles. The van der Waals surface area contributed by atoms with Gasteiger partial charge in [-0.1, -0.05) is 12.1 Å². The van der Waals surface area contributed by atoms with E-state index >= 15 is 0 Å². The number of likely N-dealkylation sites (N-methyl/N-ethyl adjacent to an activating group) is 1. The van der Waals surface area contributed by atoms with E-state index in [4.69, 9.17) is 16.6 Å². The molecule has 1 aromatic carbocycles. The molecule has 0 saturated heterocycles. The molecule has 1 aromatic rings. The van der Waals surface area contributed by atoms with E-state index in [1.54, 1.807) is 24.3 Å². The Kier molecular flexibility index (Phi) is 5.28. The Morgan fingerprint density at radius 1 is 1.47 bits per heavy atom. The van der Waals surface area contributed by atoms with Crippen molar-refractivity contribution in [1.82, 2.24) is 10.4 Å². The summed E-state index contributed by atoms with van der Waals surface area (Å²) < 4.78 is 0. The molecular weight excluding hydrogens is 248 g/mol. The third-order valence-corrected chi connectivity index (χ3v) is 2.43. The molecule has 1 rings (SSSR count). The molecule has 19 heavy (non-hydrogen) atoms. The molecule has 0 aliphatic rings. The predicted octanol–water partition coefficient (Wildman–Crippen LogP) is -0.294. The lowest BCUT2D eigenvalue weighted by molar-refractivity contribution is -0.139. The van der Waals surface area contributed by atoms with Crippen LogP contribution in [0.25, 0.3) is 0 Å². The summed E-state index contributed by atoms with van der Waals surface area (Å²) >= 11 is 0.